The van der Waals surface area contributed by atoms with E-state index in [1.165, 1.54) is 22.9 Å². The number of carbonyl (C=O) groups is 1. The van der Waals surface area contributed by atoms with E-state index >= 15 is 0 Å². The van der Waals surface area contributed by atoms with Crippen molar-refractivity contribution in [1.29, 1.82) is 0 Å². The van der Waals surface area contributed by atoms with Gasteiger partial charge in [0.25, 0.3) is 5.91 Å². The molecule has 0 bridgehead atoms. The number of sulfone groups is 1. The molecule has 9 heteroatoms. The standard InChI is InChI=1S/C16H15N5O3S/c1-21-15(18-19-20-21)11-5-3-7-13(9-11)17-16(22)12-6-4-8-14(10-12)25(2,23)24/h3-10H,1-2H3,(H,17,22). The number of nitrogens with one attached hydrogen (secondary N) is 1. The lowest BCUT2D eigenvalue weighted by Gasteiger charge is -2.08. The molecule has 1 N–H and O–H groups in total. The molecule has 0 fully saturated rings. The molecule has 0 aliphatic rings. The number of benzene rings is 2. The van der Waals surface area contributed by atoms with Gasteiger partial charge < -0.3 is 5.32 Å². The first-order valence-corrected chi connectivity index (χ1v) is 9.18. The van der Waals surface area contributed by atoms with Gasteiger partial charge in [0, 0.05) is 30.1 Å². The third-order valence-corrected chi connectivity index (χ3v) is 4.63. The molecule has 1 aromatic heterocycles. The van der Waals surface area contributed by atoms with Crippen molar-refractivity contribution >= 4 is 21.4 Å². The molecule has 1 heterocycles. The van der Waals surface area contributed by atoms with Crippen LogP contribution in [0.3, 0.4) is 0 Å². The number of tetrazole rings is 1. The summed E-state index contributed by atoms with van der Waals surface area (Å²) in [5.74, 6) is 0.161. The summed E-state index contributed by atoms with van der Waals surface area (Å²) in [4.78, 5) is 12.5. The highest BCUT2D eigenvalue weighted by Crippen LogP contribution is 2.20. The second kappa shape index (κ2) is 6.44. The number of anilines is 1. The van der Waals surface area contributed by atoms with E-state index < -0.39 is 15.7 Å². The summed E-state index contributed by atoms with van der Waals surface area (Å²) >= 11 is 0. The Bertz CT molecular complexity index is 1040. The summed E-state index contributed by atoms with van der Waals surface area (Å²) in [5.41, 5.74) is 1.55. The van der Waals surface area contributed by atoms with Crippen molar-refractivity contribution in [2.45, 2.75) is 4.90 Å². The fraction of sp³-hybridized carbons (Fsp3) is 0.125. The zero-order valence-electron chi connectivity index (χ0n) is 13.5. The maximum atomic E-state index is 12.4. The summed E-state index contributed by atoms with van der Waals surface area (Å²) in [6.07, 6.45) is 1.10. The molecule has 0 aliphatic heterocycles. The maximum absolute atomic E-state index is 12.4. The van der Waals surface area contributed by atoms with Crippen molar-refractivity contribution in [3.05, 3.63) is 54.1 Å². The monoisotopic (exact) mass is 357 g/mol. The molecule has 25 heavy (non-hydrogen) atoms. The van der Waals surface area contributed by atoms with Gasteiger partial charge >= 0.3 is 0 Å². The van der Waals surface area contributed by atoms with E-state index in [9.17, 15) is 13.2 Å². The van der Waals surface area contributed by atoms with E-state index in [4.69, 9.17) is 0 Å². The molecule has 0 saturated heterocycles. The van der Waals surface area contributed by atoms with E-state index in [2.05, 4.69) is 20.8 Å². The molecule has 128 valence electrons. The number of carbonyl (C=O) groups excluding carboxylic acids is 1. The molecular formula is C16H15N5O3S. The van der Waals surface area contributed by atoms with Crippen molar-refractivity contribution in [3.63, 3.8) is 0 Å². The minimum atomic E-state index is -3.38. The molecule has 1 amide bonds. The minimum Gasteiger partial charge on any atom is -0.322 e. The number of hydrogen-bond acceptors (Lipinski definition) is 6. The molecular weight excluding hydrogens is 342 g/mol. The third kappa shape index (κ3) is 3.72. The highest BCUT2D eigenvalue weighted by molar-refractivity contribution is 7.90. The van der Waals surface area contributed by atoms with Crippen LogP contribution >= 0.6 is 0 Å². The van der Waals surface area contributed by atoms with Crippen LogP contribution in [-0.2, 0) is 16.9 Å². The van der Waals surface area contributed by atoms with Gasteiger partial charge in [-0.1, -0.05) is 18.2 Å². The summed E-state index contributed by atoms with van der Waals surface area (Å²) in [6.45, 7) is 0. The van der Waals surface area contributed by atoms with Crippen LogP contribution in [-0.4, -0.2) is 40.8 Å². The number of rotatable bonds is 4. The van der Waals surface area contributed by atoms with Crippen LogP contribution in [0, 0.1) is 0 Å². The van der Waals surface area contributed by atoms with E-state index in [1.807, 2.05) is 6.07 Å². The Morgan fingerprint density at radius 2 is 1.88 bits per heavy atom. The molecule has 0 aliphatic carbocycles. The minimum absolute atomic E-state index is 0.0964. The molecule has 0 unspecified atom stereocenters. The van der Waals surface area contributed by atoms with Crippen LogP contribution in [0.25, 0.3) is 11.4 Å². The normalized spacial score (nSPS) is 11.3. The summed E-state index contributed by atoms with van der Waals surface area (Å²) in [6, 6.07) is 13.0. The number of aryl methyl sites for hydroxylation is 1. The van der Waals surface area contributed by atoms with Crippen molar-refractivity contribution in [3.8, 4) is 11.4 Å². The Morgan fingerprint density at radius 1 is 1.12 bits per heavy atom. The van der Waals surface area contributed by atoms with Crippen LogP contribution in [0.2, 0.25) is 0 Å². The second-order valence-corrected chi connectivity index (χ2v) is 7.48. The van der Waals surface area contributed by atoms with Gasteiger partial charge in [-0.3, -0.25) is 4.79 Å². The Balaban J connectivity index is 1.86. The third-order valence-electron chi connectivity index (χ3n) is 3.52. The summed E-state index contributed by atoms with van der Waals surface area (Å²) in [7, 11) is -1.66. The van der Waals surface area contributed by atoms with Crippen molar-refractivity contribution in [2.24, 2.45) is 7.05 Å². The van der Waals surface area contributed by atoms with Crippen LogP contribution in [0.4, 0.5) is 5.69 Å². The van der Waals surface area contributed by atoms with Crippen LogP contribution in [0.1, 0.15) is 10.4 Å². The Kier molecular flexibility index (Phi) is 4.32. The average molecular weight is 357 g/mol. The number of hydrogen-bond donors (Lipinski definition) is 1. The Hall–Kier alpha value is -3.07. The zero-order chi connectivity index (χ0) is 18.0. The molecule has 0 spiro atoms. The Labute approximate surface area is 144 Å². The average Bonchev–Trinajstić information content (AvgIpc) is 3.00. The lowest BCUT2D eigenvalue weighted by atomic mass is 10.1. The topological polar surface area (TPSA) is 107 Å². The maximum Gasteiger partial charge on any atom is 0.255 e. The predicted octanol–water partition coefficient (Wildman–Crippen LogP) is 1.53. The van der Waals surface area contributed by atoms with Gasteiger partial charge in [0.05, 0.1) is 4.90 Å². The van der Waals surface area contributed by atoms with E-state index in [-0.39, 0.29) is 10.5 Å². The Morgan fingerprint density at radius 3 is 2.56 bits per heavy atom. The van der Waals surface area contributed by atoms with Gasteiger partial charge in [-0.05, 0) is 40.8 Å². The number of nitrogens with zero attached hydrogens (tertiary/aromatic N) is 4. The SMILES string of the molecule is Cn1nnnc1-c1cccc(NC(=O)c2cccc(S(C)(=O)=O)c2)c1. The molecule has 8 nitrogen and oxygen atoms in total. The second-order valence-electron chi connectivity index (χ2n) is 5.46. The molecule has 0 radical (unpaired) electrons. The van der Waals surface area contributed by atoms with Crippen molar-refractivity contribution in [1.82, 2.24) is 20.2 Å². The van der Waals surface area contributed by atoms with E-state index in [0.29, 0.717) is 11.5 Å². The fourth-order valence-electron chi connectivity index (χ4n) is 2.28. The quantitative estimate of drug-likeness (QED) is 0.759. The number of amides is 1. The summed E-state index contributed by atoms with van der Waals surface area (Å²) < 4.78 is 24.8. The molecule has 2 aromatic carbocycles. The number of aromatic nitrogens is 4. The fourth-order valence-corrected chi connectivity index (χ4v) is 2.95. The highest BCUT2D eigenvalue weighted by Gasteiger charge is 2.13. The van der Waals surface area contributed by atoms with E-state index in [1.54, 1.807) is 31.3 Å². The highest BCUT2D eigenvalue weighted by atomic mass is 32.2. The first-order chi connectivity index (χ1) is 11.8. The van der Waals surface area contributed by atoms with Gasteiger partial charge in [0.2, 0.25) is 0 Å². The van der Waals surface area contributed by atoms with Gasteiger partial charge in [0.1, 0.15) is 0 Å². The zero-order valence-corrected chi connectivity index (χ0v) is 14.4. The van der Waals surface area contributed by atoms with Gasteiger partial charge in [0.15, 0.2) is 15.7 Å². The molecule has 3 aromatic rings. The van der Waals surface area contributed by atoms with Crippen LogP contribution in [0.5, 0.6) is 0 Å². The van der Waals surface area contributed by atoms with Gasteiger partial charge in [-0.25, -0.2) is 13.1 Å². The lowest BCUT2D eigenvalue weighted by molar-refractivity contribution is 0.102. The molecule has 0 atom stereocenters. The smallest absolute Gasteiger partial charge is 0.255 e. The van der Waals surface area contributed by atoms with Crippen molar-refractivity contribution in [2.75, 3.05) is 11.6 Å². The first kappa shape index (κ1) is 16.8. The molecule has 3 rings (SSSR count). The van der Waals surface area contributed by atoms with Crippen LogP contribution < -0.4 is 5.32 Å². The predicted molar refractivity (Wildman–Crippen MR) is 91.7 cm³/mol. The van der Waals surface area contributed by atoms with Gasteiger partial charge in [-0.15, -0.1) is 5.10 Å². The largest absolute Gasteiger partial charge is 0.322 e. The van der Waals surface area contributed by atoms with Crippen molar-refractivity contribution < 1.29 is 13.2 Å². The summed E-state index contributed by atoms with van der Waals surface area (Å²) in [5, 5.41) is 14.0. The van der Waals surface area contributed by atoms with Crippen LogP contribution in [0.15, 0.2) is 53.4 Å². The lowest BCUT2D eigenvalue weighted by Crippen LogP contribution is -2.12. The van der Waals surface area contributed by atoms with E-state index in [0.717, 1.165) is 11.8 Å². The van der Waals surface area contributed by atoms with Gasteiger partial charge in [-0.2, -0.15) is 0 Å². The molecule has 0 saturated carbocycles. The first-order valence-electron chi connectivity index (χ1n) is 7.29.